The SMILES string of the molecule is O=C(CCCc1ncc(-c2ccccc2)o1)Nc1ccccc1O. The van der Waals surface area contributed by atoms with E-state index in [0.717, 1.165) is 11.3 Å². The molecule has 0 radical (unpaired) electrons. The minimum absolute atomic E-state index is 0.0612. The number of nitrogens with zero attached hydrogens (tertiary/aromatic N) is 1. The Morgan fingerprint density at radius 2 is 1.83 bits per heavy atom. The zero-order chi connectivity index (χ0) is 16.8. The number of hydrogen-bond donors (Lipinski definition) is 2. The quantitative estimate of drug-likeness (QED) is 0.672. The molecule has 0 aliphatic heterocycles. The van der Waals surface area contributed by atoms with E-state index in [-0.39, 0.29) is 11.7 Å². The van der Waals surface area contributed by atoms with Crippen LogP contribution in [0.3, 0.4) is 0 Å². The van der Waals surface area contributed by atoms with Crippen molar-refractivity contribution in [3.8, 4) is 17.1 Å². The summed E-state index contributed by atoms with van der Waals surface area (Å²) in [6, 6.07) is 16.4. The maximum atomic E-state index is 11.9. The van der Waals surface area contributed by atoms with Crippen LogP contribution >= 0.6 is 0 Å². The van der Waals surface area contributed by atoms with Crippen molar-refractivity contribution in [2.45, 2.75) is 19.3 Å². The molecular formula is C19H18N2O3. The maximum Gasteiger partial charge on any atom is 0.224 e. The highest BCUT2D eigenvalue weighted by molar-refractivity contribution is 5.92. The summed E-state index contributed by atoms with van der Waals surface area (Å²) in [5.74, 6) is 1.26. The second-order valence-electron chi connectivity index (χ2n) is 5.40. The minimum Gasteiger partial charge on any atom is -0.506 e. The predicted octanol–water partition coefficient (Wildman–Crippen LogP) is 4.01. The van der Waals surface area contributed by atoms with Crippen LogP contribution in [0.1, 0.15) is 18.7 Å². The number of oxazole rings is 1. The first-order valence-corrected chi connectivity index (χ1v) is 7.80. The first-order chi connectivity index (χ1) is 11.7. The Kier molecular flexibility index (Phi) is 4.91. The molecule has 0 aliphatic rings. The Morgan fingerprint density at radius 3 is 2.62 bits per heavy atom. The van der Waals surface area contributed by atoms with Gasteiger partial charge in [0.25, 0.3) is 0 Å². The molecule has 2 N–H and O–H groups in total. The molecule has 0 aliphatic carbocycles. The van der Waals surface area contributed by atoms with E-state index in [2.05, 4.69) is 10.3 Å². The molecule has 24 heavy (non-hydrogen) atoms. The molecule has 0 unspecified atom stereocenters. The van der Waals surface area contributed by atoms with Crippen molar-refractivity contribution in [2.24, 2.45) is 0 Å². The molecule has 2 aromatic carbocycles. The van der Waals surface area contributed by atoms with Gasteiger partial charge in [-0.2, -0.15) is 0 Å². The van der Waals surface area contributed by atoms with Gasteiger partial charge in [0.15, 0.2) is 11.7 Å². The fourth-order valence-corrected chi connectivity index (χ4v) is 2.35. The average Bonchev–Trinajstić information content (AvgIpc) is 3.07. The van der Waals surface area contributed by atoms with Crippen molar-refractivity contribution in [2.75, 3.05) is 5.32 Å². The second kappa shape index (κ2) is 7.46. The number of aromatic nitrogens is 1. The largest absolute Gasteiger partial charge is 0.506 e. The van der Waals surface area contributed by atoms with Gasteiger partial charge in [0.2, 0.25) is 5.91 Å². The number of nitrogens with one attached hydrogen (secondary N) is 1. The molecule has 5 nitrogen and oxygen atoms in total. The number of rotatable bonds is 6. The van der Waals surface area contributed by atoms with Crippen LogP contribution in [0.25, 0.3) is 11.3 Å². The number of aryl methyl sites for hydroxylation is 1. The lowest BCUT2D eigenvalue weighted by molar-refractivity contribution is -0.116. The molecular weight excluding hydrogens is 304 g/mol. The number of phenols is 1. The van der Waals surface area contributed by atoms with Crippen LogP contribution in [0.2, 0.25) is 0 Å². The number of benzene rings is 2. The summed E-state index contributed by atoms with van der Waals surface area (Å²) in [6.45, 7) is 0. The fraction of sp³-hybridized carbons (Fsp3) is 0.158. The number of amides is 1. The molecule has 0 fully saturated rings. The Balaban J connectivity index is 1.49. The third-order valence-corrected chi connectivity index (χ3v) is 3.58. The summed E-state index contributed by atoms with van der Waals surface area (Å²) in [5.41, 5.74) is 1.40. The summed E-state index contributed by atoms with van der Waals surface area (Å²) in [7, 11) is 0. The molecule has 3 rings (SSSR count). The number of phenolic OH excluding ortho intramolecular Hbond substituents is 1. The van der Waals surface area contributed by atoms with Gasteiger partial charge in [0.05, 0.1) is 11.9 Å². The summed E-state index contributed by atoms with van der Waals surface area (Å²) >= 11 is 0. The fourth-order valence-electron chi connectivity index (χ4n) is 2.35. The van der Waals surface area contributed by atoms with Crippen LogP contribution in [0.4, 0.5) is 5.69 Å². The lowest BCUT2D eigenvalue weighted by Gasteiger charge is -2.06. The third-order valence-electron chi connectivity index (χ3n) is 3.58. The molecule has 0 saturated carbocycles. The highest BCUT2D eigenvalue weighted by Gasteiger charge is 2.09. The second-order valence-corrected chi connectivity index (χ2v) is 5.40. The lowest BCUT2D eigenvalue weighted by Crippen LogP contribution is -2.11. The zero-order valence-electron chi connectivity index (χ0n) is 13.1. The minimum atomic E-state index is -0.147. The maximum absolute atomic E-state index is 11.9. The summed E-state index contributed by atoms with van der Waals surface area (Å²) in [4.78, 5) is 16.2. The Hall–Kier alpha value is -3.08. The van der Waals surface area contributed by atoms with Crippen LogP contribution in [-0.2, 0) is 11.2 Å². The van der Waals surface area contributed by atoms with Crippen LogP contribution in [0, 0.1) is 0 Å². The third kappa shape index (κ3) is 4.01. The van der Waals surface area contributed by atoms with E-state index in [4.69, 9.17) is 4.42 Å². The van der Waals surface area contributed by atoms with Crippen molar-refractivity contribution in [3.05, 3.63) is 66.7 Å². The van der Waals surface area contributed by atoms with Gasteiger partial charge in [0, 0.05) is 18.4 Å². The molecule has 0 bridgehead atoms. The first-order valence-electron chi connectivity index (χ1n) is 7.80. The Morgan fingerprint density at radius 1 is 1.08 bits per heavy atom. The average molecular weight is 322 g/mol. The van der Waals surface area contributed by atoms with Gasteiger partial charge in [-0.15, -0.1) is 0 Å². The van der Waals surface area contributed by atoms with Crippen molar-refractivity contribution in [1.29, 1.82) is 0 Å². The van der Waals surface area contributed by atoms with Gasteiger partial charge in [0.1, 0.15) is 5.75 Å². The molecule has 1 amide bonds. The molecule has 0 spiro atoms. The lowest BCUT2D eigenvalue weighted by atomic mass is 10.2. The number of hydrogen-bond acceptors (Lipinski definition) is 4. The van der Waals surface area contributed by atoms with Gasteiger partial charge in [-0.25, -0.2) is 4.98 Å². The van der Waals surface area contributed by atoms with E-state index >= 15 is 0 Å². The van der Waals surface area contributed by atoms with Gasteiger partial charge in [-0.05, 0) is 18.6 Å². The Labute approximate surface area is 140 Å². The molecule has 5 heteroatoms. The van der Waals surface area contributed by atoms with E-state index in [1.165, 1.54) is 6.07 Å². The van der Waals surface area contributed by atoms with Gasteiger partial charge >= 0.3 is 0 Å². The van der Waals surface area contributed by atoms with Crippen LogP contribution in [0.5, 0.6) is 5.75 Å². The van der Waals surface area contributed by atoms with E-state index in [0.29, 0.717) is 30.8 Å². The van der Waals surface area contributed by atoms with Gasteiger partial charge < -0.3 is 14.8 Å². The molecule has 0 saturated heterocycles. The van der Waals surface area contributed by atoms with Crippen molar-refractivity contribution in [3.63, 3.8) is 0 Å². The summed E-state index contributed by atoms with van der Waals surface area (Å²) < 4.78 is 5.71. The van der Waals surface area contributed by atoms with E-state index in [1.54, 1.807) is 24.4 Å². The zero-order valence-corrected chi connectivity index (χ0v) is 13.1. The number of para-hydroxylation sites is 2. The van der Waals surface area contributed by atoms with Crippen LogP contribution in [-0.4, -0.2) is 16.0 Å². The topological polar surface area (TPSA) is 75.4 Å². The number of carbonyl (C=O) groups excluding carboxylic acids is 1. The van der Waals surface area contributed by atoms with Gasteiger partial charge in [-0.3, -0.25) is 4.79 Å². The molecule has 122 valence electrons. The van der Waals surface area contributed by atoms with Crippen molar-refractivity contribution < 1.29 is 14.3 Å². The first kappa shape index (κ1) is 15.8. The summed E-state index contributed by atoms with van der Waals surface area (Å²) in [6.07, 6.45) is 3.24. The monoisotopic (exact) mass is 322 g/mol. The van der Waals surface area contributed by atoms with Crippen LogP contribution < -0.4 is 5.32 Å². The predicted molar refractivity (Wildman–Crippen MR) is 91.6 cm³/mol. The van der Waals surface area contributed by atoms with E-state index in [9.17, 15) is 9.90 Å². The van der Waals surface area contributed by atoms with Crippen LogP contribution in [0.15, 0.2) is 65.2 Å². The summed E-state index contributed by atoms with van der Waals surface area (Å²) in [5, 5.41) is 12.3. The molecule has 1 heterocycles. The number of anilines is 1. The standard InChI is InChI=1S/C19H18N2O3/c22-16-10-5-4-9-15(16)21-18(23)11-6-12-19-20-13-17(24-19)14-7-2-1-3-8-14/h1-5,7-10,13,22H,6,11-12H2,(H,21,23). The van der Waals surface area contributed by atoms with E-state index in [1.807, 2.05) is 30.3 Å². The number of carbonyl (C=O) groups is 1. The van der Waals surface area contributed by atoms with E-state index < -0.39 is 0 Å². The molecule has 0 atom stereocenters. The highest BCUT2D eigenvalue weighted by atomic mass is 16.4. The van der Waals surface area contributed by atoms with Gasteiger partial charge in [-0.1, -0.05) is 42.5 Å². The molecule has 1 aromatic heterocycles. The number of aromatic hydroxyl groups is 1. The highest BCUT2D eigenvalue weighted by Crippen LogP contribution is 2.22. The molecule has 3 aromatic rings. The van der Waals surface area contributed by atoms with Crippen molar-refractivity contribution in [1.82, 2.24) is 4.98 Å². The van der Waals surface area contributed by atoms with Crippen molar-refractivity contribution >= 4 is 11.6 Å². The normalized spacial score (nSPS) is 10.5. The Bertz CT molecular complexity index is 812. The smallest absolute Gasteiger partial charge is 0.224 e.